The maximum absolute atomic E-state index is 12.3. The Morgan fingerprint density at radius 2 is 1.85 bits per heavy atom. The van der Waals surface area contributed by atoms with Crippen molar-refractivity contribution in [3.8, 4) is 5.75 Å². The lowest BCUT2D eigenvalue weighted by Gasteiger charge is -2.06. The van der Waals surface area contributed by atoms with Crippen LogP contribution in [-0.4, -0.2) is 35.1 Å². The van der Waals surface area contributed by atoms with E-state index in [9.17, 15) is 14.4 Å². The molecule has 0 saturated carbocycles. The van der Waals surface area contributed by atoms with Gasteiger partial charge < -0.3 is 15.2 Å². The number of carboxylic acid groups (broad SMARTS) is 1. The van der Waals surface area contributed by atoms with E-state index >= 15 is 0 Å². The van der Waals surface area contributed by atoms with Gasteiger partial charge >= 0.3 is 5.97 Å². The molecular weight excluding hydrogens is 366 g/mol. The van der Waals surface area contributed by atoms with Crippen LogP contribution < -0.4 is 10.1 Å². The summed E-state index contributed by atoms with van der Waals surface area (Å²) in [4.78, 5) is 35.2. The fourth-order valence-corrected chi connectivity index (χ4v) is 2.98. The number of thioether (sulfide) groups is 1. The molecule has 7 heteroatoms. The molecule has 140 valence electrons. The average molecular weight is 385 g/mol. The van der Waals surface area contributed by atoms with E-state index in [0.717, 1.165) is 22.8 Å². The highest BCUT2D eigenvalue weighted by Crippen LogP contribution is 2.23. The van der Waals surface area contributed by atoms with E-state index in [-0.39, 0.29) is 11.5 Å². The van der Waals surface area contributed by atoms with Gasteiger partial charge in [0.15, 0.2) is 5.78 Å². The van der Waals surface area contributed by atoms with Crippen LogP contribution in [0, 0.1) is 0 Å². The first-order valence-electron chi connectivity index (χ1n) is 8.19. The van der Waals surface area contributed by atoms with Gasteiger partial charge in [-0.3, -0.25) is 9.59 Å². The Labute approximate surface area is 161 Å². The molecule has 2 aromatic carbocycles. The van der Waals surface area contributed by atoms with Gasteiger partial charge in [0.1, 0.15) is 5.75 Å². The molecule has 6 nitrogen and oxygen atoms in total. The number of Topliss-reactive ketones (excluding diaryl/α,β-unsaturated/α-hetero) is 1. The lowest BCUT2D eigenvalue weighted by atomic mass is 10.1. The Bertz CT molecular complexity index is 846. The number of hydrogen-bond donors (Lipinski definition) is 2. The van der Waals surface area contributed by atoms with Gasteiger partial charge in [0.2, 0.25) is 5.91 Å². The number of carbonyl (C=O) groups is 3. The summed E-state index contributed by atoms with van der Waals surface area (Å²) in [5.74, 6) is -0.763. The third kappa shape index (κ3) is 6.99. The summed E-state index contributed by atoms with van der Waals surface area (Å²) in [6.45, 7) is 2.47. The van der Waals surface area contributed by atoms with E-state index in [2.05, 4.69) is 5.32 Å². The van der Waals surface area contributed by atoms with Crippen molar-refractivity contribution in [1.82, 2.24) is 0 Å². The van der Waals surface area contributed by atoms with E-state index in [1.54, 1.807) is 42.5 Å². The van der Waals surface area contributed by atoms with Gasteiger partial charge in [-0.15, -0.1) is 11.8 Å². The maximum Gasteiger partial charge on any atom is 0.328 e. The number of anilines is 1. The number of ether oxygens (including phenoxy) is 1. The SMILES string of the molecule is CCOc1ccc(C(=O)CSc2cccc(NC(=O)/C=C/C(=O)O)c2)cc1. The maximum atomic E-state index is 12.3. The third-order valence-electron chi connectivity index (χ3n) is 3.34. The normalized spacial score (nSPS) is 10.6. The second-order valence-electron chi connectivity index (χ2n) is 5.36. The summed E-state index contributed by atoms with van der Waals surface area (Å²) in [5.41, 5.74) is 1.13. The van der Waals surface area contributed by atoms with E-state index in [1.165, 1.54) is 11.8 Å². The molecule has 0 aromatic heterocycles. The van der Waals surface area contributed by atoms with Crippen molar-refractivity contribution < 1.29 is 24.2 Å². The van der Waals surface area contributed by atoms with Crippen LogP contribution in [0.3, 0.4) is 0 Å². The molecule has 0 radical (unpaired) electrons. The molecule has 0 unspecified atom stereocenters. The van der Waals surface area contributed by atoms with Crippen molar-refractivity contribution in [2.24, 2.45) is 0 Å². The number of benzene rings is 2. The van der Waals surface area contributed by atoms with Crippen molar-refractivity contribution in [1.29, 1.82) is 0 Å². The molecule has 0 aliphatic carbocycles. The highest BCUT2D eigenvalue weighted by atomic mass is 32.2. The zero-order valence-corrected chi connectivity index (χ0v) is 15.5. The Kier molecular flexibility index (Phi) is 7.63. The first kappa shape index (κ1) is 20.3. The number of nitrogens with one attached hydrogen (secondary N) is 1. The van der Waals surface area contributed by atoms with Crippen LogP contribution in [0.4, 0.5) is 5.69 Å². The van der Waals surface area contributed by atoms with Gasteiger partial charge in [-0.1, -0.05) is 6.07 Å². The number of aliphatic carboxylic acids is 1. The number of rotatable bonds is 9. The van der Waals surface area contributed by atoms with Crippen LogP contribution in [0.15, 0.2) is 65.6 Å². The molecule has 0 fully saturated rings. The number of carbonyl (C=O) groups excluding carboxylic acids is 2. The highest BCUT2D eigenvalue weighted by molar-refractivity contribution is 8.00. The number of amides is 1. The Balaban J connectivity index is 1.92. The van der Waals surface area contributed by atoms with E-state index in [0.29, 0.717) is 17.9 Å². The van der Waals surface area contributed by atoms with Gasteiger partial charge in [0.05, 0.1) is 12.4 Å². The van der Waals surface area contributed by atoms with Crippen LogP contribution in [0.2, 0.25) is 0 Å². The van der Waals surface area contributed by atoms with Gasteiger partial charge in [-0.25, -0.2) is 4.79 Å². The molecule has 2 N–H and O–H groups in total. The fourth-order valence-electron chi connectivity index (χ4n) is 2.13. The molecule has 0 atom stereocenters. The lowest BCUT2D eigenvalue weighted by Crippen LogP contribution is -2.08. The molecule has 27 heavy (non-hydrogen) atoms. The van der Waals surface area contributed by atoms with Crippen molar-refractivity contribution in [3.63, 3.8) is 0 Å². The standard InChI is InChI=1S/C20H19NO5S/c1-2-26-16-8-6-14(7-9-16)18(22)13-27-17-5-3-4-15(12-17)21-19(23)10-11-20(24)25/h3-12H,2,13H2,1H3,(H,21,23)(H,24,25)/b11-10+. The largest absolute Gasteiger partial charge is 0.494 e. The summed E-state index contributed by atoms with van der Waals surface area (Å²) >= 11 is 1.35. The molecule has 2 aromatic rings. The zero-order chi connectivity index (χ0) is 19.6. The smallest absolute Gasteiger partial charge is 0.328 e. The van der Waals surface area contributed by atoms with E-state index in [4.69, 9.17) is 9.84 Å². The summed E-state index contributed by atoms with van der Waals surface area (Å²) in [6, 6.07) is 14.0. The van der Waals surface area contributed by atoms with Crippen LogP contribution in [0.25, 0.3) is 0 Å². The summed E-state index contributed by atoms with van der Waals surface area (Å²) in [7, 11) is 0. The Morgan fingerprint density at radius 1 is 1.11 bits per heavy atom. The zero-order valence-electron chi connectivity index (χ0n) is 14.7. The highest BCUT2D eigenvalue weighted by Gasteiger charge is 2.08. The second-order valence-corrected chi connectivity index (χ2v) is 6.41. The Morgan fingerprint density at radius 3 is 2.52 bits per heavy atom. The molecule has 0 spiro atoms. The van der Waals surface area contributed by atoms with Crippen LogP contribution >= 0.6 is 11.8 Å². The molecule has 0 heterocycles. The van der Waals surface area contributed by atoms with Gasteiger partial charge in [-0.05, 0) is 49.4 Å². The minimum absolute atomic E-state index is 0.0121. The topological polar surface area (TPSA) is 92.7 Å². The molecule has 0 aliphatic rings. The minimum atomic E-state index is -1.19. The third-order valence-corrected chi connectivity index (χ3v) is 4.33. The molecule has 1 amide bonds. The minimum Gasteiger partial charge on any atom is -0.494 e. The molecule has 0 bridgehead atoms. The number of carboxylic acids is 1. The predicted molar refractivity (Wildman–Crippen MR) is 105 cm³/mol. The lowest BCUT2D eigenvalue weighted by molar-refractivity contribution is -0.131. The first-order chi connectivity index (χ1) is 13.0. The van der Waals surface area contributed by atoms with Crippen LogP contribution in [-0.2, 0) is 9.59 Å². The van der Waals surface area contributed by atoms with Crippen molar-refractivity contribution in [2.75, 3.05) is 17.7 Å². The Hall–Kier alpha value is -3.06. The van der Waals surface area contributed by atoms with Crippen LogP contribution in [0.1, 0.15) is 17.3 Å². The predicted octanol–water partition coefficient (Wildman–Crippen LogP) is 3.64. The fraction of sp³-hybridized carbons (Fsp3) is 0.150. The average Bonchev–Trinajstić information content (AvgIpc) is 2.65. The van der Waals surface area contributed by atoms with Gasteiger partial charge in [0.25, 0.3) is 0 Å². The van der Waals surface area contributed by atoms with Gasteiger partial charge in [-0.2, -0.15) is 0 Å². The summed E-state index contributed by atoms with van der Waals surface area (Å²) < 4.78 is 5.36. The molecule has 0 aliphatic heterocycles. The number of ketones is 1. The van der Waals surface area contributed by atoms with Gasteiger partial charge in [0, 0.05) is 28.3 Å². The van der Waals surface area contributed by atoms with E-state index in [1.807, 2.05) is 13.0 Å². The molecule has 2 rings (SSSR count). The van der Waals surface area contributed by atoms with Crippen molar-refractivity contribution in [2.45, 2.75) is 11.8 Å². The first-order valence-corrected chi connectivity index (χ1v) is 9.17. The van der Waals surface area contributed by atoms with Crippen molar-refractivity contribution in [3.05, 3.63) is 66.2 Å². The molecular formula is C20H19NO5S. The van der Waals surface area contributed by atoms with Crippen LogP contribution in [0.5, 0.6) is 5.75 Å². The number of hydrogen-bond acceptors (Lipinski definition) is 5. The molecule has 0 saturated heterocycles. The summed E-state index contributed by atoms with van der Waals surface area (Å²) in [6.07, 6.45) is 1.71. The second kappa shape index (κ2) is 10.2. The monoisotopic (exact) mass is 385 g/mol. The summed E-state index contributed by atoms with van der Waals surface area (Å²) in [5, 5.41) is 11.1. The van der Waals surface area contributed by atoms with Crippen molar-refractivity contribution >= 4 is 35.1 Å². The van der Waals surface area contributed by atoms with E-state index < -0.39 is 11.9 Å². The quantitative estimate of drug-likeness (QED) is 0.389.